The van der Waals surface area contributed by atoms with Gasteiger partial charge in [-0.3, -0.25) is 0 Å². The molecule has 0 saturated heterocycles. The van der Waals surface area contributed by atoms with E-state index in [1.54, 1.807) is 0 Å². The van der Waals surface area contributed by atoms with Gasteiger partial charge in [0.1, 0.15) is 17.5 Å². The SMILES string of the molecule is Cc1c(NN)nc(C(C)C)nc1NC(C)CCO. The van der Waals surface area contributed by atoms with Crippen LogP contribution in [-0.4, -0.2) is 27.7 Å². The van der Waals surface area contributed by atoms with Crippen LogP contribution in [0.4, 0.5) is 11.6 Å². The van der Waals surface area contributed by atoms with Crippen LogP contribution in [0.1, 0.15) is 44.5 Å². The second kappa shape index (κ2) is 6.51. The normalized spacial score (nSPS) is 12.6. The lowest BCUT2D eigenvalue weighted by molar-refractivity contribution is 0.282. The first-order valence-corrected chi connectivity index (χ1v) is 6.22. The summed E-state index contributed by atoms with van der Waals surface area (Å²) >= 11 is 0. The highest BCUT2D eigenvalue weighted by atomic mass is 16.3. The Hall–Kier alpha value is -1.40. The highest BCUT2D eigenvalue weighted by Gasteiger charge is 2.13. The van der Waals surface area contributed by atoms with Gasteiger partial charge in [0.05, 0.1) is 0 Å². The van der Waals surface area contributed by atoms with E-state index in [0.717, 1.165) is 17.2 Å². The number of aliphatic hydroxyl groups is 1. The molecular formula is C12H23N5O. The molecular weight excluding hydrogens is 230 g/mol. The Morgan fingerprint density at radius 3 is 2.33 bits per heavy atom. The number of nitrogen functional groups attached to an aromatic ring is 1. The summed E-state index contributed by atoms with van der Waals surface area (Å²) in [5.41, 5.74) is 3.48. The maximum Gasteiger partial charge on any atom is 0.148 e. The zero-order valence-electron chi connectivity index (χ0n) is 11.5. The molecule has 1 aromatic rings. The molecule has 0 spiro atoms. The first-order chi connectivity index (χ1) is 8.49. The molecule has 1 unspecified atom stereocenters. The van der Waals surface area contributed by atoms with Gasteiger partial charge in [-0.05, 0) is 20.3 Å². The number of rotatable bonds is 6. The first kappa shape index (κ1) is 14.7. The molecule has 6 heteroatoms. The number of hydrogen-bond acceptors (Lipinski definition) is 6. The van der Waals surface area contributed by atoms with Crippen LogP contribution in [0.5, 0.6) is 0 Å². The van der Waals surface area contributed by atoms with E-state index < -0.39 is 0 Å². The lowest BCUT2D eigenvalue weighted by atomic mass is 10.2. The molecule has 1 aromatic heterocycles. The van der Waals surface area contributed by atoms with Gasteiger partial charge in [-0.25, -0.2) is 15.8 Å². The maximum atomic E-state index is 8.92. The molecule has 0 aromatic carbocycles. The third-order valence-corrected chi connectivity index (χ3v) is 2.76. The third kappa shape index (κ3) is 3.54. The molecule has 6 nitrogen and oxygen atoms in total. The molecule has 0 aliphatic carbocycles. The minimum atomic E-state index is 0.147. The van der Waals surface area contributed by atoms with E-state index in [1.165, 1.54) is 0 Å². The van der Waals surface area contributed by atoms with E-state index in [0.29, 0.717) is 12.2 Å². The van der Waals surface area contributed by atoms with Crippen molar-refractivity contribution >= 4 is 11.6 Å². The largest absolute Gasteiger partial charge is 0.396 e. The number of aromatic nitrogens is 2. The standard InChI is InChI=1S/C12H23N5O/c1-7(2)10-15-11(14-8(3)5-6-18)9(4)12(16-10)17-13/h7-8,18H,5-6,13H2,1-4H3,(H2,14,15,16,17). The Morgan fingerprint density at radius 2 is 1.83 bits per heavy atom. The van der Waals surface area contributed by atoms with Crippen molar-refractivity contribution in [2.45, 2.75) is 46.1 Å². The van der Waals surface area contributed by atoms with Crippen molar-refractivity contribution in [1.82, 2.24) is 9.97 Å². The van der Waals surface area contributed by atoms with Gasteiger partial charge in [-0.1, -0.05) is 13.8 Å². The smallest absolute Gasteiger partial charge is 0.148 e. The van der Waals surface area contributed by atoms with Gasteiger partial charge in [0.2, 0.25) is 0 Å². The molecule has 0 amide bonds. The van der Waals surface area contributed by atoms with Gasteiger partial charge in [0.25, 0.3) is 0 Å². The van der Waals surface area contributed by atoms with Gasteiger partial charge in [0.15, 0.2) is 0 Å². The van der Waals surface area contributed by atoms with Crippen LogP contribution in [0.3, 0.4) is 0 Å². The van der Waals surface area contributed by atoms with Crippen molar-refractivity contribution in [3.63, 3.8) is 0 Å². The van der Waals surface area contributed by atoms with Crippen LogP contribution in [0.25, 0.3) is 0 Å². The molecule has 0 radical (unpaired) electrons. The fourth-order valence-corrected chi connectivity index (χ4v) is 1.57. The summed E-state index contributed by atoms with van der Waals surface area (Å²) in [6.07, 6.45) is 0.672. The van der Waals surface area contributed by atoms with Gasteiger partial charge >= 0.3 is 0 Å². The summed E-state index contributed by atoms with van der Waals surface area (Å²) in [7, 11) is 0. The Kier molecular flexibility index (Phi) is 5.30. The highest BCUT2D eigenvalue weighted by molar-refractivity contribution is 5.57. The second-order valence-corrected chi connectivity index (χ2v) is 4.76. The van der Waals surface area contributed by atoms with Crippen LogP contribution in [0.15, 0.2) is 0 Å². The molecule has 1 atom stereocenters. The zero-order valence-corrected chi connectivity index (χ0v) is 11.5. The lowest BCUT2D eigenvalue weighted by Gasteiger charge is -2.18. The van der Waals surface area contributed by atoms with E-state index in [4.69, 9.17) is 10.9 Å². The molecule has 0 fully saturated rings. The molecule has 1 heterocycles. The number of aliphatic hydroxyl groups excluding tert-OH is 1. The average molecular weight is 253 g/mol. The number of nitrogens with zero attached hydrogens (tertiary/aromatic N) is 2. The van der Waals surface area contributed by atoms with Crippen molar-refractivity contribution in [3.05, 3.63) is 11.4 Å². The lowest BCUT2D eigenvalue weighted by Crippen LogP contribution is -2.21. The molecule has 102 valence electrons. The van der Waals surface area contributed by atoms with Crippen molar-refractivity contribution in [3.8, 4) is 0 Å². The van der Waals surface area contributed by atoms with Crippen molar-refractivity contribution < 1.29 is 5.11 Å². The van der Waals surface area contributed by atoms with Crippen LogP contribution in [0, 0.1) is 6.92 Å². The quantitative estimate of drug-likeness (QED) is 0.452. The fraction of sp³-hybridized carbons (Fsp3) is 0.667. The topological polar surface area (TPSA) is 96.1 Å². The molecule has 1 rings (SSSR count). The summed E-state index contributed by atoms with van der Waals surface area (Å²) < 4.78 is 0. The highest BCUT2D eigenvalue weighted by Crippen LogP contribution is 2.23. The van der Waals surface area contributed by atoms with Gasteiger partial charge in [-0.2, -0.15) is 0 Å². The van der Waals surface area contributed by atoms with Crippen LogP contribution < -0.4 is 16.6 Å². The van der Waals surface area contributed by atoms with Gasteiger partial charge in [-0.15, -0.1) is 0 Å². The molecule has 5 N–H and O–H groups in total. The maximum absolute atomic E-state index is 8.92. The number of anilines is 2. The van der Waals surface area contributed by atoms with E-state index in [-0.39, 0.29) is 18.6 Å². The van der Waals surface area contributed by atoms with Crippen molar-refractivity contribution in [1.29, 1.82) is 0 Å². The zero-order chi connectivity index (χ0) is 13.7. The fourth-order valence-electron chi connectivity index (χ4n) is 1.57. The first-order valence-electron chi connectivity index (χ1n) is 6.22. The Morgan fingerprint density at radius 1 is 1.22 bits per heavy atom. The van der Waals surface area contributed by atoms with Crippen LogP contribution in [0.2, 0.25) is 0 Å². The summed E-state index contributed by atoms with van der Waals surface area (Å²) in [5.74, 6) is 7.84. The summed E-state index contributed by atoms with van der Waals surface area (Å²) in [6, 6.07) is 0.147. The molecule has 0 bridgehead atoms. The third-order valence-electron chi connectivity index (χ3n) is 2.76. The Labute approximate surface area is 108 Å². The van der Waals surface area contributed by atoms with Crippen molar-refractivity contribution in [2.24, 2.45) is 5.84 Å². The van der Waals surface area contributed by atoms with E-state index in [9.17, 15) is 0 Å². The van der Waals surface area contributed by atoms with Gasteiger partial charge in [0, 0.05) is 24.1 Å². The second-order valence-electron chi connectivity index (χ2n) is 4.76. The summed E-state index contributed by atoms with van der Waals surface area (Å²) in [6.45, 7) is 8.13. The predicted molar refractivity (Wildman–Crippen MR) is 73.5 cm³/mol. The van der Waals surface area contributed by atoms with Crippen molar-refractivity contribution in [2.75, 3.05) is 17.3 Å². The number of hydrogen-bond donors (Lipinski definition) is 4. The van der Waals surface area contributed by atoms with E-state index in [2.05, 4.69) is 20.7 Å². The molecule has 0 aliphatic rings. The van der Waals surface area contributed by atoms with E-state index >= 15 is 0 Å². The number of nitrogens with two attached hydrogens (primary N) is 1. The number of hydrazine groups is 1. The summed E-state index contributed by atoms with van der Waals surface area (Å²) in [4.78, 5) is 8.87. The predicted octanol–water partition coefficient (Wildman–Crippen LogP) is 1.38. The Balaban J connectivity index is 3.04. The van der Waals surface area contributed by atoms with Crippen LogP contribution in [-0.2, 0) is 0 Å². The van der Waals surface area contributed by atoms with E-state index in [1.807, 2.05) is 27.7 Å². The molecule has 0 aliphatic heterocycles. The summed E-state index contributed by atoms with van der Waals surface area (Å²) in [5, 5.41) is 12.2. The van der Waals surface area contributed by atoms with Gasteiger partial charge < -0.3 is 15.8 Å². The Bertz CT molecular complexity index is 394. The number of nitrogens with one attached hydrogen (secondary N) is 2. The minimum Gasteiger partial charge on any atom is -0.396 e. The monoisotopic (exact) mass is 253 g/mol. The minimum absolute atomic E-state index is 0.147. The van der Waals surface area contributed by atoms with Crippen LogP contribution >= 0.6 is 0 Å². The molecule has 0 saturated carbocycles. The molecule has 18 heavy (non-hydrogen) atoms. The average Bonchev–Trinajstić information content (AvgIpc) is 2.31.